The summed E-state index contributed by atoms with van der Waals surface area (Å²) < 4.78 is 1.09. The molecule has 1 unspecified atom stereocenters. The topological polar surface area (TPSA) is 32.3 Å². The van der Waals surface area contributed by atoms with E-state index in [-0.39, 0.29) is 11.4 Å². The van der Waals surface area contributed by atoms with Gasteiger partial charge < -0.3 is 10.2 Å². The lowest BCUT2D eigenvalue weighted by Crippen LogP contribution is -2.51. The fourth-order valence-electron chi connectivity index (χ4n) is 2.70. The number of amides is 1. The van der Waals surface area contributed by atoms with E-state index in [1.54, 1.807) is 11.3 Å². The summed E-state index contributed by atoms with van der Waals surface area (Å²) in [7, 11) is 1.95. The van der Waals surface area contributed by atoms with Gasteiger partial charge in [0.2, 0.25) is 5.91 Å². The molecular formula is C13H19BrN2OS. The highest BCUT2D eigenvalue weighted by molar-refractivity contribution is 9.11. The number of carbonyl (C=O) groups excluding carboxylic acids is 1. The molecule has 18 heavy (non-hydrogen) atoms. The Morgan fingerprint density at radius 2 is 2.39 bits per heavy atom. The van der Waals surface area contributed by atoms with E-state index in [1.807, 2.05) is 19.2 Å². The molecule has 0 aromatic carbocycles. The van der Waals surface area contributed by atoms with Crippen LogP contribution in [0.2, 0.25) is 0 Å². The van der Waals surface area contributed by atoms with Gasteiger partial charge in [-0.25, -0.2) is 0 Å². The predicted molar refractivity (Wildman–Crippen MR) is 79.0 cm³/mol. The average Bonchev–Trinajstić information content (AvgIpc) is 2.86. The highest BCUT2D eigenvalue weighted by Crippen LogP contribution is 2.30. The van der Waals surface area contributed by atoms with Gasteiger partial charge in [-0.3, -0.25) is 4.79 Å². The molecule has 1 atom stereocenters. The first-order valence-electron chi connectivity index (χ1n) is 6.24. The third-order valence-electron chi connectivity index (χ3n) is 3.56. The molecule has 1 N–H and O–H groups in total. The molecule has 2 heterocycles. The number of carbonyl (C=O) groups is 1. The summed E-state index contributed by atoms with van der Waals surface area (Å²) in [6.07, 6.45) is 2.72. The first-order valence-corrected chi connectivity index (χ1v) is 7.85. The van der Waals surface area contributed by atoms with Crippen molar-refractivity contribution in [3.63, 3.8) is 0 Å². The SMILES string of the molecule is CNCC1(C)CCCN1C(=O)Cc1ccc(Br)s1. The first kappa shape index (κ1) is 14.0. The van der Waals surface area contributed by atoms with Crippen LogP contribution in [0.15, 0.2) is 15.9 Å². The van der Waals surface area contributed by atoms with Gasteiger partial charge >= 0.3 is 0 Å². The van der Waals surface area contributed by atoms with Gasteiger partial charge in [0.05, 0.1) is 15.7 Å². The van der Waals surface area contributed by atoms with Gasteiger partial charge in [0.25, 0.3) is 0 Å². The number of hydrogen-bond donors (Lipinski definition) is 1. The van der Waals surface area contributed by atoms with Crippen LogP contribution in [0.5, 0.6) is 0 Å². The molecule has 1 aliphatic heterocycles. The largest absolute Gasteiger partial charge is 0.336 e. The maximum atomic E-state index is 12.4. The fourth-order valence-corrected chi connectivity index (χ4v) is 4.18. The lowest BCUT2D eigenvalue weighted by atomic mass is 9.98. The van der Waals surface area contributed by atoms with Crippen molar-refractivity contribution in [2.24, 2.45) is 0 Å². The van der Waals surface area contributed by atoms with E-state index in [4.69, 9.17) is 0 Å². The minimum absolute atomic E-state index is 0.0136. The summed E-state index contributed by atoms with van der Waals surface area (Å²) in [5, 5.41) is 3.20. The smallest absolute Gasteiger partial charge is 0.228 e. The summed E-state index contributed by atoms with van der Waals surface area (Å²) >= 11 is 5.08. The number of nitrogens with one attached hydrogen (secondary N) is 1. The van der Waals surface area contributed by atoms with Gasteiger partial charge in [0.1, 0.15) is 0 Å². The Morgan fingerprint density at radius 3 is 3.00 bits per heavy atom. The summed E-state index contributed by atoms with van der Waals surface area (Å²) in [6, 6.07) is 4.03. The molecule has 0 aliphatic carbocycles. The van der Waals surface area contributed by atoms with E-state index < -0.39 is 0 Å². The van der Waals surface area contributed by atoms with Crippen LogP contribution in [0.3, 0.4) is 0 Å². The zero-order chi connectivity index (χ0) is 13.2. The lowest BCUT2D eigenvalue weighted by molar-refractivity contribution is -0.133. The molecule has 1 fully saturated rings. The van der Waals surface area contributed by atoms with E-state index in [0.717, 1.165) is 34.6 Å². The molecular weight excluding hydrogens is 312 g/mol. The maximum Gasteiger partial charge on any atom is 0.228 e. The summed E-state index contributed by atoms with van der Waals surface area (Å²) in [5.74, 6) is 0.250. The quantitative estimate of drug-likeness (QED) is 0.920. The monoisotopic (exact) mass is 330 g/mol. The molecule has 100 valence electrons. The molecule has 1 aliphatic rings. The summed E-state index contributed by atoms with van der Waals surface area (Å²) in [5.41, 5.74) is -0.0136. The van der Waals surface area contributed by atoms with Crippen LogP contribution in [-0.2, 0) is 11.2 Å². The van der Waals surface area contributed by atoms with Crippen LogP contribution in [0, 0.1) is 0 Å². The highest BCUT2D eigenvalue weighted by atomic mass is 79.9. The van der Waals surface area contributed by atoms with E-state index in [9.17, 15) is 4.79 Å². The second-order valence-corrected chi connectivity index (χ2v) is 7.61. The Kier molecular flexibility index (Phi) is 4.45. The highest BCUT2D eigenvalue weighted by Gasteiger charge is 2.38. The number of nitrogens with zero attached hydrogens (tertiary/aromatic N) is 1. The van der Waals surface area contributed by atoms with E-state index in [1.165, 1.54) is 0 Å². The zero-order valence-corrected chi connectivity index (χ0v) is 13.2. The molecule has 0 spiro atoms. The lowest BCUT2D eigenvalue weighted by Gasteiger charge is -2.35. The van der Waals surface area contributed by atoms with Crippen molar-refractivity contribution in [3.05, 3.63) is 20.8 Å². The molecule has 0 bridgehead atoms. The number of likely N-dealkylation sites (tertiary alicyclic amines) is 1. The first-order chi connectivity index (χ1) is 8.55. The number of thiophene rings is 1. The minimum atomic E-state index is -0.0136. The predicted octanol–water partition coefficient (Wildman–Crippen LogP) is 2.65. The van der Waals surface area contributed by atoms with Crippen LogP contribution in [0.4, 0.5) is 0 Å². The number of halogens is 1. The van der Waals surface area contributed by atoms with Crippen molar-refractivity contribution in [1.29, 1.82) is 0 Å². The van der Waals surface area contributed by atoms with Gasteiger partial charge in [-0.1, -0.05) is 0 Å². The van der Waals surface area contributed by atoms with E-state index in [0.29, 0.717) is 6.42 Å². The minimum Gasteiger partial charge on any atom is -0.336 e. The van der Waals surface area contributed by atoms with Gasteiger partial charge in [-0.15, -0.1) is 11.3 Å². The Labute approximate surface area is 121 Å². The van der Waals surface area contributed by atoms with Gasteiger partial charge in [0, 0.05) is 18.0 Å². The van der Waals surface area contributed by atoms with Crippen molar-refractivity contribution in [2.75, 3.05) is 20.1 Å². The van der Waals surface area contributed by atoms with E-state index in [2.05, 4.69) is 33.1 Å². The van der Waals surface area contributed by atoms with Crippen molar-refractivity contribution in [3.8, 4) is 0 Å². The molecule has 5 heteroatoms. The third kappa shape index (κ3) is 2.95. The normalized spacial score (nSPS) is 23.6. The second-order valence-electron chi connectivity index (χ2n) is 5.06. The summed E-state index contributed by atoms with van der Waals surface area (Å²) in [4.78, 5) is 15.6. The van der Waals surface area contributed by atoms with Crippen LogP contribution >= 0.6 is 27.3 Å². The molecule has 2 rings (SSSR count). The maximum absolute atomic E-state index is 12.4. The van der Waals surface area contributed by atoms with Crippen molar-refractivity contribution in [2.45, 2.75) is 31.7 Å². The van der Waals surface area contributed by atoms with Gasteiger partial charge in [0.15, 0.2) is 0 Å². The van der Waals surface area contributed by atoms with Crippen LogP contribution in [-0.4, -0.2) is 36.5 Å². The Morgan fingerprint density at radius 1 is 1.61 bits per heavy atom. The van der Waals surface area contributed by atoms with Gasteiger partial charge in [-0.05, 0) is 54.9 Å². The average molecular weight is 331 g/mol. The van der Waals surface area contributed by atoms with Crippen LogP contribution < -0.4 is 5.32 Å². The fraction of sp³-hybridized carbons (Fsp3) is 0.615. The van der Waals surface area contributed by atoms with E-state index >= 15 is 0 Å². The summed E-state index contributed by atoms with van der Waals surface area (Å²) in [6.45, 7) is 3.94. The molecule has 3 nitrogen and oxygen atoms in total. The molecule has 1 amide bonds. The van der Waals surface area contributed by atoms with Crippen LogP contribution in [0.1, 0.15) is 24.6 Å². The molecule has 0 saturated carbocycles. The third-order valence-corrected chi connectivity index (χ3v) is 5.19. The molecule has 1 aromatic rings. The Hall–Kier alpha value is -0.390. The molecule has 1 aromatic heterocycles. The molecule has 1 saturated heterocycles. The zero-order valence-electron chi connectivity index (χ0n) is 10.8. The van der Waals surface area contributed by atoms with Crippen molar-refractivity contribution < 1.29 is 4.79 Å². The van der Waals surface area contributed by atoms with Crippen LogP contribution in [0.25, 0.3) is 0 Å². The number of rotatable bonds is 4. The molecule has 0 radical (unpaired) electrons. The standard InChI is InChI=1S/C13H19BrN2OS/c1-13(9-15-2)6-3-7-16(13)12(17)8-10-4-5-11(14)18-10/h4-5,15H,3,6-9H2,1-2H3. The number of hydrogen-bond acceptors (Lipinski definition) is 3. The van der Waals surface area contributed by atoms with Crippen molar-refractivity contribution >= 4 is 33.2 Å². The Bertz CT molecular complexity index is 434. The van der Waals surface area contributed by atoms with Crippen molar-refractivity contribution in [1.82, 2.24) is 10.2 Å². The Balaban J connectivity index is 2.04. The second kappa shape index (κ2) is 5.72. The number of likely N-dealkylation sites (N-methyl/N-ethyl adjacent to an activating group) is 1. The van der Waals surface area contributed by atoms with Gasteiger partial charge in [-0.2, -0.15) is 0 Å².